The molecule has 2 saturated heterocycles. The van der Waals surface area contributed by atoms with E-state index in [2.05, 4.69) is 15.6 Å². The van der Waals surface area contributed by atoms with Gasteiger partial charge in [-0.1, -0.05) is 38.1 Å². The molecule has 23 nitrogen and oxygen atoms in total. The van der Waals surface area contributed by atoms with E-state index in [-0.39, 0.29) is 130 Å². The van der Waals surface area contributed by atoms with Crippen molar-refractivity contribution >= 4 is 70.7 Å². The molecule has 3 aromatic carbocycles. The first-order chi connectivity index (χ1) is 38.5. The second kappa shape index (κ2) is 26.2. The van der Waals surface area contributed by atoms with Crippen molar-refractivity contribution in [1.29, 1.82) is 0 Å². The summed E-state index contributed by atoms with van der Waals surface area (Å²) in [5.74, 6) is -2.39. The van der Waals surface area contributed by atoms with Crippen LogP contribution in [0.15, 0.2) is 65.7 Å². The maximum atomic E-state index is 14.0. The van der Waals surface area contributed by atoms with Gasteiger partial charge in [0.05, 0.1) is 81.3 Å². The average Bonchev–Trinajstić information content (AvgIpc) is 3.94. The number of Topliss-reactive ketones (excluding diaryl/α,β-unsaturated/α-hetero) is 2. The Hall–Kier alpha value is -8.18. The summed E-state index contributed by atoms with van der Waals surface area (Å²) in [6, 6.07) is 11.5. The van der Waals surface area contributed by atoms with Gasteiger partial charge >= 0.3 is 6.09 Å². The number of aliphatic imine (C=N–C) groups is 1. The molecule has 0 saturated carbocycles. The first-order valence-corrected chi connectivity index (χ1v) is 26.8. The van der Waals surface area contributed by atoms with Crippen LogP contribution in [0.1, 0.15) is 91.1 Å². The van der Waals surface area contributed by atoms with E-state index in [9.17, 15) is 48.3 Å². The lowest BCUT2D eigenvalue weighted by atomic mass is 9.88. The predicted molar refractivity (Wildman–Crippen MR) is 287 cm³/mol. The van der Waals surface area contributed by atoms with Crippen molar-refractivity contribution in [3.05, 3.63) is 82.9 Å². The molecule has 5 aliphatic heterocycles. The lowest BCUT2D eigenvalue weighted by Crippen LogP contribution is -2.60. The zero-order chi connectivity index (χ0) is 57.2. The fourth-order valence-corrected chi connectivity index (χ4v) is 9.70. The zero-order valence-electron chi connectivity index (χ0n) is 45.4. The second-order valence-electron chi connectivity index (χ2n) is 20.3. The molecular formula is C57H67N7O16. The van der Waals surface area contributed by atoms with Crippen molar-refractivity contribution in [2.45, 2.75) is 96.7 Å². The summed E-state index contributed by atoms with van der Waals surface area (Å²) in [5.41, 5.74) is 2.30. The van der Waals surface area contributed by atoms with Gasteiger partial charge in [0.1, 0.15) is 12.4 Å². The second-order valence-corrected chi connectivity index (χ2v) is 20.3. The summed E-state index contributed by atoms with van der Waals surface area (Å²) >= 11 is 0. The van der Waals surface area contributed by atoms with E-state index < -0.39 is 54.0 Å². The van der Waals surface area contributed by atoms with Crippen molar-refractivity contribution in [1.82, 2.24) is 25.3 Å². The maximum Gasteiger partial charge on any atom is 0.416 e. The number of ketones is 2. The fraction of sp³-hybridized carbons (Fsp3) is 0.474. The van der Waals surface area contributed by atoms with Crippen LogP contribution in [0, 0.1) is 11.8 Å². The molecule has 3 aromatic rings. The molecule has 1 unspecified atom stereocenters. The predicted octanol–water partition coefficient (Wildman–Crippen LogP) is 3.86. The standard InChI is InChI=1S/C57H67N7O16/c1-33(2)39(26-38(65)16-23-77-24-17-58-50(67)15-20-63-51(68)11-12-52(63)69)53(70)60-34(3)45(66)25-35-7-9-36(10-8-35)32-80-57(74)64-44-30-49(47(76-5)28-41(44)55(72)62-19-14-43(62)56(64)73)79-22-6-21-78-48-29-42-40(27-46(48)75-4)54(71)61-18-13-37(61)31-59-42/h7-12,27-31,33-34,37,39,43,56,73H,6,13-26,32H2,1-5H3,(H,58,67)(H,60,70)/t34-,37-,39-,43-,56?/m0/s1. The van der Waals surface area contributed by atoms with Crippen molar-refractivity contribution < 1.29 is 76.7 Å². The van der Waals surface area contributed by atoms with E-state index in [1.54, 1.807) is 54.4 Å². The number of ether oxygens (including phenoxy) is 6. The van der Waals surface area contributed by atoms with E-state index >= 15 is 0 Å². The number of benzene rings is 3. The van der Waals surface area contributed by atoms with Crippen LogP contribution in [0.25, 0.3) is 0 Å². The molecule has 5 aliphatic rings. The molecule has 0 aliphatic carbocycles. The maximum absolute atomic E-state index is 14.0. The van der Waals surface area contributed by atoms with Crippen LogP contribution in [0.4, 0.5) is 16.2 Å². The number of methoxy groups -OCH3 is 2. The highest BCUT2D eigenvalue weighted by Crippen LogP contribution is 2.43. The number of anilines is 1. The van der Waals surface area contributed by atoms with Gasteiger partial charge in [-0.2, -0.15) is 0 Å². The summed E-state index contributed by atoms with van der Waals surface area (Å²) in [6.07, 6.45) is 3.28. The minimum absolute atomic E-state index is 0.0230. The van der Waals surface area contributed by atoms with Gasteiger partial charge in [-0.25, -0.2) is 9.69 Å². The molecule has 8 rings (SSSR count). The van der Waals surface area contributed by atoms with Crippen LogP contribution in [-0.4, -0.2) is 170 Å². The largest absolute Gasteiger partial charge is 0.493 e. The van der Waals surface area contributed by atoms with Crippen molar-refractivity contribution in [3.63, 3.8) is 0 Å². The molecule has 426 valence electrons. The number of carbonyl (C=O) groups is 9. The number of rotatable bonds is 27. The summed E-state index contributed by atoms with van der Waals surface area (Å²) < 4.78 is 34.7. The molecular weight excluding hydrogens is 1040 g/mol. The first kappa shape index (κ1) is 58.0. The number of carbonyl (C=O) groups excluding carboxylic acids is 9. The van der Waals surface area contributed by atoms with Crippen LogP contribution in [0.2, 0.25) is 0 Å². The van der Waals surface area contributed by atoms with Crippen LogP contribution in [0.3, 0.4) is 0 Å². The Morgan fingerprint density at radius 2 is 1.41 bits per heavy atom. The molecule has 80 heavy (non-hydrogen) atoms. The topological polar surface area (TPSA) is 279 Å². The number of imide groups is 1. The number of nitrogens with one attached hydrogen (secondary N) is 2. The summed E-state index contributed by atoms with van der Waals surface area (Å²) in [5, 5.41) is 17.0. The third-order valence-corrected chi connectivity index (χ3v) is 14.7. The van der Waals surface area contributed by atoms with E-state index in [0.717, 1.165) is 28.4 Å². The summed E-state index contributed by atoms with van der Waals surface area (Å²) in [7, 11) is 2.92. The molecule has 2 fully saturated rings. The minimum Gasteiger partial charge on any atom is -0.493 e. The van der Waals surface area contributed by atoms with Gasteiger partial charge < -0.3 is 54.0 Å². The monoisotopic (exact) mass is 1110 g/mol. The summed E-state index contributed by atoms with van der Waals surface area (Å²) in [4.78, 5) is 126. The lowest BCUT2D eigenvalue weighted by molar-refractivity contribution is -0.137. The van der Waals surface area contributed by atoms with E-state index in [0.29, 0.717) is 59.8 Å². The van der Waals surface area contributed by atoms with Gasteiger partial charge in [-0.15, -0.1) is 0 Å². The van der Waals surface area contributed by atoms with Crippen LogP contribution >= 0.6 is 0 Å². The smallest absolute Gasteiger partial charge is 0.416 e. The first-order valence-electron chi connectivity index (χ1n) is 26.8. The van der Waals surface area contributed by atoms with Crippen LogP contribution in [-0.2, 0) is 51.3 Å². The van der Waals surface area contributed by atoms with Crippen molar-refractivity contribution in [3.8, 4) is 23.0 Å². The lowest BCUT2D eigenvalue weighted by Gasteiger charge is -2.43. The normalized spacial score (nSPS) is 18.6. The molecule has 23 heteroatoms. The molecule has 5 heterocycles. The SMILES string of the molecule is COc1cc2c(cc1OCCCOc1cc3c(cc1OC)C(=O)N1CC[C@H]1C(O)N3C(=O)OCc1ccc(CC(=O)[C@H](C)NC(=O)[C@@H](CC(=O)CCOCCNC(=O)CCN3C(=O)C=CC3=O)C(C)C)cc1)N=C[C@@H]1CCN1C2=O. The highest BCUT2D eigenvalue weighted by Gasteiger charge is 2.48. The molecule has 0 aromatic heterocycles. The Balaban J connectivity index is 0.794. The fourth-order valence-electron chi connectivity index (χ4n) is 9.70. The third-order valence-electron chi connectivity index (χ3n) is 14.7. The number of nitrogens with zero attached hydrogens (tertiary/aromatic N) is 5. The minimum atomic E-state index is -1.45. The van der Waals surface area contributed by atoms with Gasteiger partial charge in [0, 0.05) is 94.7 Å². The molecule has 0 bridgehead atoms. The Bertz CT molecular complexity index is 2920. The molecule has 5 atom stereocenters. The van der Waals surface area contributed by atoms with E-state index in [1.807, 2.05) is 13.8 Å². The highest BCUT2D eigenvalue weighted by molar-refractivity contribution is 6.13. The Labute approximate surface area is 462 Å². The molecule has 3 N–H and O–H groups in total. The van der Waals surface area contributed by atoms with Gasteiger partial charge in [0.15, 0.2) is 35.0 Å². The Kier molecular flexibility index (Phi) is 19.0. The number of hydrogen-bond acceptors (Lipinski definition) is 17. The van der Waals surface area contributed by atoms with E-state index in [4.69, 9.17) is 28.4 Å². The quantitative estimate of drug-likeness (QED) is 0.0722. The van der Waals surface area contributed by atoms with Crippen LogP contribution < -0.4 is 34.5 Å². The Morgan fingerprint density at radius 3 is 2.05 bits per heavy atom. The van der Waals surface area contributed by atoms with Gasteiger partial charge in [-0.05, 0) is 48.9 Å². The third kappa shape index (κ3) is 13.4. The van der Waals surface area contributed by atoms with E-state index in [1.165, 1.54) is 31.3 Å². The number of hydrogen-bond donors (Lipinski definition) is 3. The van der Waals surface area contributed by atoms with Crippen LogP contribution in [0.5, 0.6) is 23.0 Å². The van der Waals surface area contributed by atoms with Gasteiger partial charge in [-0.3, -0.25) is 48.2 Å². The molecule has 0 spiro atoms. The molecule has 7 amide bonds. The highest BCUT2D eigenvalue weighted by atomic mass is 16.6. The van der Waals surface area contributed by atoms with Gasteiger partial charge in [0.2, 0.25) is 11.8 Å². The number of aliphatic hydroxyl groups is 1. The molecule has 0 radical (unpaired) electrons. The summed E-state index contributed by atoms with van der Waals surface area (Å²) in [6.45, 7) is 6.67. The van der Waals surface area contributed by atoms with Crippen molar-refractivity contribution in [2.75, 3.05) is 71.7 Å². The van der Waals surface area contributed by atoms with Gasteiger partial charge in [0.25, 0.3) is 23.6 Å². The van der Waals surface area contributed by atoms with Crippen molar-refractivity contribution in [2.24, 2.45) is 16.8 Å². The number of fused-ring (bicyclic) bond motifs is 4. The number of amides is 7. The Morgan fingerprint density at radius 1 is 0.762 bits per heavy atom. The number of aliphatic hydroxyl groups excluding tert-OH is 1. The average molecular weight is 1110 g/mol. The zero-order valence-corrected chi connectivity index (χ0v) is 45.4.